The van der Waals surface area contributed by atoms with Crippen LogP contribution >= 0.6 is 0 Å². The van der Waals surface area contributed by atoms with Gasteiger partial charge >= 0.3 is 0 Å². The molecule has 3 rings (SSSR count). The highest BCUT2D eigenvalue weighted by atomic mass is 16.5. The first-order chi connectivity index (χ1) is 10.7. The molecule has 2 aliphatic heterocycles. The van der Waals surface area contributed by atoms with Crippen LogP contribution in [0.2, 0.25) is 0 Å². The number of rotatable bonds is 3. The molecular weight excluding hydrogens is 282 g/mol. The van der Waals surface area contributed by atoms with E-state index < -0.39 is 5.92 Å². The molecule has 0 bridgehead atoms. The summed E-state index contributed by atoms with van der Waals surface area (Å²) >= 11 is 0. The van der Waals surface area contributed by atoms with Gasteiger partial charge in [-0.05, 0) is 31.9 Å². The van der Waals surface area contributed by atoms with Crippen molar-refractivity contribution in [3.05, 3.63) is 30.3 Å². The van der Waals surface area contributed by atoms with Crippen molar-refractivity contribution in [2.75, 3.05) is 18.2 Å². The van der Waals surface area contributed by atoms with Gasteiger partial charge in [-0.2, -0.15) is 10.1 Å². The third-order valence-corrected chi connectivity index (χ3v) is 3.96. The first kappa shape index (κ1) is 14.7. The van der Waals surface area contributed by atoms with Gasteiger partial charge in [0.2, 0.25) is 5.91 Å². The first-order valence-electron chi connectivity index (χ1n) is 7.49. The predicted molar refractivity (Wildman–Crippen MR) is 82.5 cm³/mol. The number of amides is 2. The number of carbonyl (C=O) groups is 2. The maximum absolute atomic E-state index is 12.5. The van der Waals surface area contributed by atoms with Crippen LogP contribution in [0.5, 0.6) is 0 Å². The second-order valence-electron chi connectivity index (χ2n) is 5.56. The van der Waals surface area contributed by atoms with Gasteiger partial charge < -0.3 is 10.1 Å². The van der Waals surface area contributed by atoms with Gasteiger partial charge in [0.1, 0.15) is 0 Å². The molecule has 1 unspecified atom stereocenters. The van der Waals surface area contributed by atoms with Crippen molar-refractivity contribution in [1.82, 2.24) is 5.32 Å². The molecule has 0 aromatic heterocycles. The third kappa shape index (κ3) is 2.87. The Balaban J connectivity index is 1.71. The second kappa shape index (κ2) is 6.27. The Kier molecular flexibility index (Phi) is 4.20. The number of hydrazone groups is 1. The third-order valence-electron chi connectivity index (χ3n) is 3.96. The summed E-state index contributed by atoms with van der Waals surface area (Å²) in [5, 5.41) is 8.51. The first-order valence-corrected chi connectivity index (χ1v) is 7.49. The van der Waals surface area contributed by atoms with Crippen LogP contribution in [0.4, 0.5) is 5.69 Å². The minimum Gasteiger partial charge on any atom is -0.381 e. The maximum atomic E-state index is 12.5. The van der Waals surface area contributed by atoms with Crippen LogP contribution in [0, 0.1) is 5.92 Å². The largest absolute Gasteiger partial charge is 0.381 e. The second-order valence-corrected chi connectivity index (χ2v) is 5.56. The van der Waals surface area contributed by atoms with Crippen LogP contribution in [0.15, 0.2) is 35.4 Å². The SMILES string of the molecule is CC1=NN(c2ccccc2)C(=O)C1C(=O)NC1CCOCC1. The summed E-state index contributed by atoms with van der Waals surface area (Å²) in [6.45, 7) is 3.01. The molecule has 1 N–H and O–H groups in total. The molecule has 0 radical (unpaired) electrons. The van der Waals surface area contributed by atoms with Crippen molar-refractivity contribution < 1.29 is 14.3 Å². The Morgan fingerprint density at radius 1 is 1.27 bits per heavy atom. The summed E-state index contributed by atoms with van der Waals surface area (Å²) in [6.07, 6.45) is 1.57. The fourth-order valence-electron chi connectivity index (χ4n) is 2.75. The fourth-order valence-corrected chi connectivity index (χ4v) is 2.75. The summed E-state index contributed by atoms with van der Waals surface area (Å²) < 4.78 is 5.27. The number of carbonyl (C=O) groups excluding carboxylic acids is 2. The Labute approximate surface area is 129 Å². The summed E-state index contributed by atoms with van der Waals surface area (Å²) in [5.74, 6) is -1.40. The van der Waals surface area contributed by atoms with E-state index in [1.807, 2.05) is 18.2 Å². The van der Waals surface area contributed by atoms with E-state index in [0.29, 0.717) is 24.6 Å². The number of hydrogen-bond donors (Lipinski definition) is 1. The standard InChI is InChI=1S/C16H19N3O3/c1-11-14(15(20)17-12-7-9-22-10-8-12)16(21)19(18-11)13-5-3-2-4-6-13/h2-6,12,14H,7-10H2,1H3,(H,17,20). The lowest BCUT2D eigenvalue weighted by Gasteiger charge is -2.24. The number of benzene rings is 1. The summed E-state index contributed by atoms with van der Waals surface area (Å²) in [6, 6.07) is 9.22. The zero-order chi connectivity index (χ0) is 15.5. The molecule has 1 aromatic carbocycles. The molecule has 2 aliphatic rings. The van der Waals surface area contributed by atoms with Crippen LogP contribution in [-0.4, -0.2) is 36.8 Å². The highest BCUT2D eigenvalue weighted by Crippen LogP contribution is 2.24. The molecule has 2 heterocycles. The van der Waals surface area contributed by atoms with E-state index in [9.17, 15) is 9.59 Å². The lowest BCUT2D eigenvalue weighted by Crippen LogP contribution is -2.46. The van der Waals surface area contributed by atoms with Gasteiger partial charge in [-0.3, -0.25) is 9.59 Å². The normalized spacial score (nSPS) is 22.6. The summed E-state index contributed by atoms with van der Waals surface area (Å²) in [7, 11) is 0. The molecular formula is C16H19N3O3. The number of nitrogens with one attached hydrogen (secondary N) is 1. The minimum atomic E-state index is -0.831. The van der Waals surface area contributed by atoms with E-state index in [1.165, 1.54) is 5.01 Å². The molecule has 6 heteroatoms. The monoisotopic (exact) mass is 301 g/mol. The highest BCUT2D eigenvalue weighted by Gasteiger charge is 2.40. The minimum absolute atomic E-state index is 0.0765. The summed E-state index contributed by atoms with van der Waals surface area (Å²) in [5.41, 5.74) is 1.20. The van der Waals surface area contributed by atoms with Crippen molar-refractivity contribution in [2.24, 2.45) is 11.0 Å². The zero-order valence-electron chi connectivity index (χ0n) is 12.5. The van der Waals surface area contributed by atoms with Gasteiger partial charge in [0.25, 0.3) is 5.91 Å². The van der Waals surface area contributed by atoms with Crippen LogP contribution in [0.3, 0.4) is 0 Å². The van der Waals surface area contributed by atoms with E-state index in [2.05, 4.69) is 10.4 Å². The molecule has 116 valence electrons. The molecule has 1 fully saturated rings. The van der Waals surface area contributed by atoms with Crippen LogP contribution < -0.4 is 10.3 Å². The van der Waals surface area contributed by atoms with Gasteiger partial charge in [0.15, 0.2) is 5.92 Å². The van der Waals surface area contributed by atoms with Gasteiger partial charge in [0, 0.05) is 19.3 Å². The molecule has 0 aliphatic carbocycles. The zero-order valence-corrected chi connectivity index (χ0v) is 12.5. The fraction of sp³-hybridized carbons (Fsp3) is 0.438. The smallest absolute Gasteiger partial charge is 0.265 e. The molecule has 6 nitrogen and oxygen atoms in total. The topological polar surface area (TPSA) is 71.0 Å². The molecule has 22 heavy (non-hydrogen) atoms. The Hall–Kier alpha value is -2.21. The number of ether oxygens (including phenoxy) is 1. The average Bonchev–Trinajstić information content (AvgIpc) is 2.84. The quantitative estimate of drug-likeness (QED) is 0.856. The van der Waals surface area contributed by atoms with Crippen molar-refractivity contribution in [1.29, 1.82) is 0 Å². The molecule has 0 saturated carbocycles. The van der Waals surface area contributed by atoms with Gasteiger partial charge in [-0.25, -0.2) is 0 Å². The van der Waals surface area contributed by atoms with Gasteiger partial charge in [-0.1, -0.05) is 18.2 Å². The highest BCUT2D eigenvalue weighted by molar-refractivity contribution is 6.26. The lowest BCUT2D eigenvalue weighted by molar-refractivity contribution is -0.131. The number of hydrogen-bond acceptors (Lipinski definition) is 4. The molecule has 1 atom stereocenters. The van der Waals surface area contributed by atoms with Gasteiger partial charge in [0.05, 0.1) is 11.4 Å². The van der Waals surface area contributed by atoms with Crippen LogP contribution in [-0.2, 0) is 14.3 Å². The van der Waals surface area contributed by atoms with Gasteiger partial charge in [-0.15, -0.1) is 0 Å². The lowest BCUT2D eigenvalue weighted by atomic mass is 10.0. The van der Waals surface area contributed by atoms with E-state index in [1.54, 1.807) is 19.1 Å². The molecule has 1 aromatic rings. The van der Waals surface area contributed by atoms with Crippen LogP contribution in [0.25, 0.3) is 0 Å². The maximum Gasteiger partial charge on any atom is 0.265 e. The number of nitrogens with zero attached hydrogens (tertiary/aromatic N) is 2. The Morgan fingerprint density at radius 2 is 1.95 bits per heavy atom. The van der Waals surface area contributed by atoms with Crippen molar-refractivity contribution in [3.63, 3.8) is 0 Å². The Morgan fingerprint density at radius 3 is 2.64 bits per heavy atom. The van der Waals surface area contributed by atoms with Crippen molar-refractivity contribution in [3.8, 4) is 0 Å². The molecule has 0 spiro atoms. The van der Waals surface area contributed by atoms with Crippen LogP contribution in [0.1, 0.15) is 19.8 Å². The van der Waals surface area contributed by atoms with Crippen molar-refractivity contribution in [2.45, 2.75) is 25.8 Å². The Bertz CT molecular complexity index is 594. The van der Waals surface area contributed by atoms with E-state index >= 15 is 0 Å². The van der Waals surface area contributed by atoms with E-state index in [-0.39, 0.29) is 17.9 Å². The predicted octanol–water partition coefficient (Wildman–Crippen LogP) is 1.32. The number of anilines is 1. The van der Waals surface area contributed by atoms with E-state index in [4.69, 9.17) is 4.74 Å². The molecule has 2 amide bonds. The number of para-hydroxylation sites is 1. The summed E-state index contributed by atoms with van der Waals surface area (Å²) in [4.78, 5) is 25.0. The average molecular weight is 301 g/mol. The van der Waals surface area contributed by atoms with Crippen molar-refractivity contribution >= 4 is 23.2 Å². The molecule has 1 saturated heterocycles. The van der Waals surface area contributed by atoms with E-state index in [0.717, 1.165) is 12.8 Å².